The van der Waals surface area contributed by atoms with Crippen LogP contribution in [0.4, 0.5) is 0 Å². The molecule has 4 atom stereocenters. The Morgan fingerprint density at radius 3 is 2.80 bits per heavy atom. The number of likely N-dealkylation sites (tertiary alicyclic amines) is 1. The second-order valence-corrected chi connectivity index (χ2v) is 10.1. The molecule has 35 heavy (non-hydrogen) atoms. The van der Waals surface area contributed by atoms with Crippen molar-refractivity contribution in [3.63, 3.8) is 0 Å². The van der Waals surface area contributed by atoms with Crippen LogP contribution in [0.3, 0.4) is 0 Å². The Bertz CT molecular complexity index is 1230. The molecule has 1 aromatic carbocycles. The minimum absolute atomic E-state index is 0.0987. The number of nitrogens with zero attached hydrogens (tertiary/aromatic N) is 2. The Labute approximate surface area is 220 Å². The molecule has 3 rings (SSSR count). The lowest BCUT2D eigenvalue weighted by molar-refractivity contribution is 0.135. The molecule has 2 heterocycles. The molecule has 0 amide bonds. The lowest BCUT2D eigenvalue weighted by Crippen LogP contribution is -2.42. The van der Waals surface area contributed by atoms with Gasteiger partial charge in [0, 0.05) is 34.4 Å². The fraction of sp³-hybridized carbons (Fsp3) is 0.367. The van der Waals surface area contributed by atoms with Gasteiger partial charge < -0.3 is 5.32 Å². The Morgan fingerprint density at radius 2 is 2.14 bits per heavy atom. The maximum atomic E-state index is 10.3. The van der Waals surface area contributed by atoms with Gasteiger partial charge in [0.25, 0.3) is 0 Å². The van der Waals surface area contributed by atoms with Gasteiger partial charge in [0.15, 0.2) is 0 Å². The third-order valence-corrected chi connectivity index (χ3v) is 7.47. The van der Waals surface area contributed by atoms with Crippen molar-refractivity contribution in [3.8, 4) is 30.4 Å². The summed E-state index contributed by atoms with van der Waals surface area (Å²) in [6.45, 7) is 8.14. The molecule has 0 saturated carbocycles. The van der Waals surface area contributed by atoms with Gasteiger partial charge in [0.1, 0.15) is 0 Å². The first-order chi connectivity index (χ1) is 16.8. The van der Waals surface area contributed by atoms with Crippen LogP contribution in [0.1, 0.15) is 58.6 Å². The number of hydrogen-bond donors (Lipinski definition) is 1. The molecule has 4 unspecified atom stereocenters. The van der Waals surface area contributed by atoms with Gasteiger partial charge >= 0.3 is 0 Å². The average molecular weight is 505 g/mol. The number of terminal acetylenes is 1. The van der Waals surface area contributed by atoms with Gasteiger partial charge in [0.05, 0.1) is 22.6 Å². The fourth-order valence-corrected chi connectivity index (χ4v) is 5.45. The zero-order valence-corrected chi connectivity index (χ0v) is 22.2. The van der Waals surface area contributed by atoms with Gasteiger partial charge in [-0.3, -0.25) is 4.90 Å². The summed E-state index contributed by atoms with van der Waals surface area (Å²) in [6.07, 6.45) is 16.1. The maximum Gasteiger partial charge on any atom is 0.0964 e. The highest BCUT2D eigenvalue weighted by Gasteiger charge is 2.43. The van der Waals surface area contributed by atoms with E-state index >= 15 is 0 Å². The zero-order valence-electron chi connectivity index (χ0n) is 20.7. The molecule has 1 fully saturated rings. The number of benzene rings is 1. The number of halogens is 2. The normalized spacial score (nSPS) is 23.3. The van der Waals surface area contributed by atoms with E-state index in [1.807, 2.05) is 69.3 Å². The molecule has 0 spiro atoms. The third-order valence-electron chi connectivity index (χ3n) is 6.79. The fourth-order valence-electron chi connectivity index (χ4n) is 5.04. The van der Waals surface area contributed by atoms with E-state index in [-0.39, 0.29) is 18.1 Å². The van der Waals surface area contributed by atoms with E-state index in [2.05, 4.69) is 41.1 Å². The summed E-state index contributed by atoms with van der Waals surface area (Å²) in [6, 6.07) is 13.4. The van der Waals surface area contributed by atoms with Crippen LogP contribution in [0, 0.1) is 41.1 Å². The first kappa shape index (κ1) is 26.7. The Balaban J connectivity index is 2.12. The highest BCUT2D eigenvalue weighted by Crippen LogP contribution is 2.46. The predicted molar refractivity (Wildman–Crippen MR) is 146 cm³/mol. The van der Waals surface area contributed by atoms with Crippen LogP contribution in [0.15, 0.2) is 70.4 Å². The summed E-state index contributed by atoms with van der Waals surface area (Å²) in [4.78, 5) is 2.44. The van der Waals surface area contributed by atoms with Crippen molar-refractivity contribution in [2.24, 2.45) is 5.41 Å². The van der Waals surface area contributed by atoms with Crippen molar-refractivity contribution >= 4 is 23.2 Å². The van der Waals surface area contributed by atoms with Crippen molar-refractivity contribution < 1.29 is 0 Å². The molecule has 0 radical (unpaired) electrons. The lowest BCUT2D eigenvalue weighted by atomic mass is 9.79. The Hall–Kier alpha value is -2.87. The minimum Gasteiger partial charge on any atom is -0.317 e. The molecule has 5 heteroatoms. The van der Waals surface area contributed by atoms with Crippen molar-refractivity contribution in [3.05, 3.63) is 81.0 Å². The SMILES string of the molecule is C#C/C(Cl)=C(\C=C/C)C(c1ccccc1Cl)N1C(C)CCC1CC(C)(C#N)C1=CC(C)=CC#CN1. The van der Waals surface area contributed by atoms with Crippen LogP contribution >= 0.6 is 23.2 Å². The zero-order chi connectivity index (χ0) is 25.6. The molecule has 3 nitrogen and oxygen atoms in total. The average Bonchev–Trinajstić information content (AvgIpc) is 3.04. The quantitative estimate of drug-likeness (QED) is 0.314. The molecule has 1 saturated heterocycles. The topological polar surface area (TPSA) is 39.1 Å². The second-order valence-electron chi connectivity index (χ2n) is 9.35. The monoisotopic (exact) mass is 503 g/mol. The van der Waals surface area contributed by atoms with Gasteiger partial charge in [-0.05, 0) is 76.3 Å². The summed E-state index contributed by atoms with van der Waals surface area (Å²) in [5.74, 6) is 5.60. The summed E-state index contributed by atoms with van der Waals surface area (Å²) < 4.78 is 0. The summed E-state index contributed by atoms with van der Waals surface area (Å²) >= 11 is 13.4. The first-order valence-corrected chi connectivity index (χ1v) is 12.6. The number of nitrogens with one attached hydrogen (secondary N) is 1. The van der Waals surface area contributed by atoms with Crippen LogP contribution in [0.25, 0.3) is 0 Å². The van der Waals surface area contributed by atoms with Crippen molar-refractivity contribution in [2.45, 2.75) is 65.1 Å². The summed E-state index contributed by atoms with van der Waals surface area (Å²) in [5, 5.41) is 14.5. The number of allylic oxidation sites excluding steroid dienone is 6. The van der Waals surface area contributed by atoms with Crippen LogP contribution < -0.4 is 5.32 Å². The van der Waals surface area contributed by atoms with E-state index in [1.54, 1.807) is 0 Å². The molecule has 0 bridgehead atoms. The first-order valence-electron chi connectivity index (χ1n) is 11.8. The van der Waals surface area contributed by atoms with Gasteiger partial charge in [-0.2, -0.15) is 5.26 Å². The van der Waals surface area contributed by atoms with E-state index in [4.69, 9.17) is 29.6 Å². The molecule has 180 valence electrons. The van der Waals surface area contributed by atoms with E-state index in [0.717, 1.165) is 35.2 Å². The van der Waals surface area contributed by atoms with Crippen LogP contribution in [-0.4, -0.2) is 17.0 Å². The maximum absolute atomic E-state index is 10.3. The Kier molecular flexibility index (Phi) is 8.94. The highest BCUT2D eigenvalue weighted by atomic mass is 35.5. The standard InChI is InChI=1S/C30H31Cl2N3/c1-6-11-24(26(31)7-2)29(25-13-8-9-14-27(25)32)35-22(4)15-16-23(35)19-30(5,20-33)28-18-21(3)12-10-17-34-28/h2,6,8-9,11-14,18,22-23,29,34H,15-16,19H2,1,3-5H3/b11-6-,26-24-. The van der Waals surface area contributed by atoms with Crippen LogP contribution in [0.2, 0.25) is 5.02 Å². The second kappa shape index (κ2) is 11.7. The molecule has 2 aliphatic heterocycles. The van der Waals surface area contributed by atoms with Gasteiger partial charge in [-0.1, -0.05) is 65.4 Å². The molecular formula is C30H31Cl2N3. The highest BCUT2D eigenvalue weighted by molar-refractivity contribution is 6.33. The largest absolute Gasteiger partial charge is 0.317 e. The number of nitriles is 1. The predicted octanol–water partition coefficient (Wildman–Crippen LogP) is 7.25. The molecule has 0 aromatic heterocycles. The molecule has 1 aromatic rings. The third kappa shape index (κ3) is 5.86. The van der Waals surface area contributed by atoms with Crippen LogP contribution in [-0.2, 0) is 0 Å². The number of hydrogen-bond acceptors (Lipinski definition) is 3. The lowest BCUT2D eigenvalue weighted by Gasteiger charge is -2.40. The molecule has 1 N–H and O–H groups in total. The molecule has 0 aliphatic carbocycles. The van der Waals surface area contributed by atoms with Crippen molar-refractivity contribution in [1.82, 2.24) is 10.2 Å². The molecular weight excluding hydrogens is 473 g/mol. The van der Waals surface area contributed by atoms with Gasteiger partial charge in [-0.25, -0.2) is 0 Å². The summed E-state index contributed by atoms with van der Waals surface area (Å²) in [5.41, 5.74) is 2.86. The molecule has 2 aliphatic rings. The Morgan fingerprint density at radius 1 is 1.40 bits per heavy atom. The minimum atomic E-state index is -0.757. The smallest absolute Gasteiger partial charge is 0.0964 e. The van der Waals surface area contributed by atoms with E-state index in [1.165, 1.54) is 0 Å². The van der Waals surface area contributed by atoms with E-state index in [9.17, 15) is 5.26 Å². The number of rotatable bonds is 7. The van der Waals surface area contributed by atoms with Crippen molar-refractivity contribution in [2.75, 3.05) is 0 Å². The van der Waals surface area contributed by atoms with Crippen molar-refractivity contribution in [1.29, 1.82) is 5.26 Å². The summed E-state index contributed by atoms with van der Waals surface area (Å²) in [7, 11) is 0. The van der Waals surface area contributed by atoms with Gasteiger partial charge in [-0.15, -0.1) is 6.42 Å². The van der Waals surface area contributed by atoms with E-state index < -0.39 is 5.41 Å². The van der Waals surface area contributed by atoms with E-state index in [0.29, 0.717) is 16.5 Å². The van der Waals surface area contributed by atoms with Crippen LogP contribution in [0.5, 0.6) is 0 Å². The van der Waals surface area contributed by atoms with Gasteiger partial charge in [0.2, 0.25) is 0 Å².